The summed E-state index contributed by atoms with van der Waals surface area (Å²) in [6.45, 7) is 4.58. The largest absolute Gasteiger partial charge is 0.135 e. The van der Waals surface area contributed by atoms with Gasteiger partial charge in [0, 0.05) is 20.2 Å². The fraction of sp³-hybridized carbons (Fsp3) is 0.571. The summed E-state index contributed by atoms with van der Waals surface area (Å²) in [6.07, 6.45) is 20.4. The second kappa shape index (κ2) is 15.5. The first-order chi connectivity index (χ1) is 14.4. The highest BCUT2D eigenvalue weighted by atomic mass is 32.1. The van der Waals surface area contributed by atoms with Crippen LogP contribution in [0.25, 0.3) is 20.2 Å². The Morgan fingerprint density at radius 2 is 0.759 bits per heavy atom. The van der Waals surface area contributed by atoms with Gasteiger partial charge < -0.3 is 0 Å². The van der Waals surface area contributed by atoms with Gasteiger partial charge in [-0.25, -0.2) is 0 Å². The van der Waals surface area contributed by atoms with Gasteiger partial charge in [0.1, 0.15) is 0 Å². The van der Waals surface area contributed by atoms with Crippen molar-refractivity contribution in [3.05, 3.63) is 48.5 Å². The van der Waals surface area contributed by atoms with Crippen molar-refractivity contribution in [2.45, 2.75) is 104 Å². The number of thiophene rings is 1. The monoisotopic (exact) mass is 410 g/mol. The number of hydrogen-bond donors (Lipinski definition) is 0. The predicted molar refractivity (Wildman–Crippen MR) is 135 cm³/mol. The van der Waals surface area contributed by atoms with E-state index in [0.29, 0.717) is 0 Å². The molecule has 0 bridgehead atoms. The van der Waals surface area contributed by atoms with Gasteiger partial charge in [-0.3, -0.25) is 0 Å². The zero-order valence-electron chi connectivity index (χ0n) is 18.9. The molecule has 2 aromatic carbocycles. The highest BCUT2D eigenvalue weighted by molar-refractivity contribution is 7.25. The van der Waals surface area contributed by atoms with Gasteiger partial charge in [0.2, 0.25) is 0 Å². The summed E-state index contributed by atoms with van der Waals surface area (Å²) in [5.41, 5.74) is 0. The molecule has 3 rings (SSSR count). The molecule has 0 nitrogen and oxygen atoms in total. The number of hydrogen-bond acceptors (Lipinski definition) is 1. The molecule has 1 heterocycles. The Balaban J connectivity index is 0.000000209. The van der Waals surface area contributed by atoms with Crippen LogP contribution >= 0.6 is 11.3 Å². The second-order valence-electron chi connectivity index (χ2n) is 8.34. The fourth-order valence-corrected chi connectivity index (χ4v) is 5.05. The lowest BCUT2D eigenvalue weighted by molar-refractivity contribution is 0.538. The lowest BCUT2D eigenvalue weighted by Gasteiger charge is -2.02. The van der Waals surface area contributed by atoms with Crippen LogP contribution in [-0.4, -0.2) is 0 Å². The van der Waals surface area contributed by atoms with E-state index in [1.807, 2.05) is 11.3 Å². The zero-order valence-corrected chi connectivity index (χ0v) is 19.7. The molecular weight excluding hydrogens is 368 g/mol. The first-order valence-electron chi connectivity index (χ1n) is 12.2. The van der Waals surface area contributed by atoms with Crippen molar-refractivity contribution >= 4 is 31.5 Å². The Bertz CT molecular complexity index is 706. The second-order valence-corrected chi connectivity index (χ2v) is 9.42. The van der Waals surface area contributed by atoms with Crippen LogP contribution in [0.3, 0.4) is 0 Å². The summed E-state index contributed by atoms with van der Waals surface area (Å²) in [7, 11) is 0. The van der Waals surface area contributed by atoms with Crippen molar-refractivity contribution in [3.8, 4) is 0 Å². The van der Waals surface area contributed by atoms with Crippen LogP contribution in [0.15, 0.2) is 48.5 Å². The Kier molecular flexibility index (Phi) is 12.8. The molecule has 0 radical (unpaired) electrons. The van der Waals surface area contributed by atoms with Gasteiger partial charge in [0.25, 0.3) is 0 Å². The summed E-state index contributed by atoms with van der Waals surface area (Å²) < 4.78 is 2.76. The average molecular weight is 411 g/mol. The Labute approximate surface area is 183 Å². The molecule has 1 heteroatoms. The quantitative estimate of drug-likeness (QED) is 0.246. The third kappa shape index (κ3) is 9.34. The standard InChI is InChI=1S/C16H34.C12H8S/c1-3-5-7-9-11-13-15-16-14-12-10-8-6-4-2;1-3-7-11-9(5-1)10-6-2-4-8-12(10)13-11/h3-16H2,1-2H3;1-8H. The maximum atomic E-state index is 2.29. The highest BCUT2D eigenvalue weighted by Gasteiger charge is 2.01. The van der Waals surface area contributed by atoms with E-state index in [9.17, 15) is 0 Å². The lowest BCUT2D eigenvalue weighted by Crippen LogP contribution is -1.82. The molecule has 0 N–H and O–H groups in total. The van der Waals surface area contributed by atoms with E-state index in [4.69, 9.17) is 0 Å². The number of rotatable bonds is 13. The molecule has 0 amide bonds. The molecule has 0 aliphatic rings. The van der Waals surface area contributed by atoms with Crippen molar-refractivity contribution in [2.75, 3.05) is 0 Å². The minimum Gasteiger partial charge on any atom is -0.135 e. The molecule has 0 unspecified atom stereocenters. The van der Waals surface area contributed by atoms with E-state index in [-0.39, 0.29) is 0 Å². The summed E-state index contributed by atoms with van der Waals surface area (Å²) in [4.78, 5) is 0. The van der Waals surface area contributed by atoms with Crippen LogP contribution in [0, 0.1) is 0 Å². The van der Waals surface area contributed by atoms with Crippen molar-refractivity contribution in [1.29, 1.82) is 0 Å². The first-order valence-corrected chi connectivity index (χ1v) is 13.0. The van der Waals surface area contributed by atoms with Crippen molar-refractivity contribution in [1.82, 2.24) is 0 Å². The first kappa shape index (κ1) is 23.9. The third-order valence-corrected chi connectivity index (χ3v) is 6.89. The topological polar surface area (TPSA) is 0 Å². The van der Waals surface area contributed by atoms with Crippen LogP contribution in [0.2, 0.25) is 0 Å². The van der Waals surface area contributed by atoms with Crippen molar-refractivity contribution < 1.29 is 0 Å². The third-order valence-electron chi connectivity index (χ3n) is 5.74. The predicted octanol–water partition coefficient (Wildman–Crippen LogP) is 10.5. The Hall–Kier alpha value is -1.34. The molecule has 0 saturated heterocycles. The molecule has 0 saturated carbocycles. The summed E-state index contributed by atoms with van der Waals surface area (Å²) in [5, 5.41) is 2.76. The van der Waals surface area contributed by atoms with Crippen LogP contribution in [0.1, 0.15) is 104 Å². The summed E-state index contributed by atoms with van der Waals surface area (Å²) in [6, 6.07) is 17.1. The van der Waals surface area contributed by atoms with Gasteiger partial charge in [-0.1, -0.05) is 140 Å². The van der Waals surface area contributed by atoms with E-state index >= 15 is 0 Å². The summed E-state index contributed by atoms with van der Waals surface area (Å²) in [5.74, 6) is 0. The van der Waals surface area contributed by atoms with E-state index in [0.717, 1.165) is 0 Å². The van der Waals surface area contributed by atoms with Crippen molar-refractivity contribution in [3.63, 3.8) is 0 Å². The van der Waals surface area contributed by atoms with E-state index < -0.39 is 0 Å². The van der Waals surface area contributed by atoms with Gasteiger partial charge in [0.05, 0.1) is 0 Å². The molecule has 0 aliphatic carbocycles. The van der Waals surface area contributed by atoms with Gasteiger partial charge >= 0.3 is 0 Å². The SMILES string of the molecule is CCCCCCCCCCCCCCCC.c1ccc2c(c1)sc1ccccc12. The molecular formula is C28H42S. The minimum atomic E-state index is 1.37. The number of benzene rings is 2. The smallest absolute Gasteiger partial charge is 0.0355 e. The molecule has 29 heavy (non-hydrogen) atoms. The molecule has 1 aromatic heterocycles. The summed E-state index contributed by atoms with van der Waals surface area (Å²) >= 11 is 1.86. The van der Waals surface area contributed by atoms with Crippen LogP contribution < -0.4 is 0 Å². The van der Waals surface area contributed by atoms with Crippen molar-refractivity contribution in [2.24, 2.45) is 0 Å². The maximum absolute atomic E-state index is 2.29. The molecule has 0 aliphatic heterocycles. The van der Waals surface area contributed by atoms with E-state index in [1.165, 1.54) is 110 Å². The number of unbranched alkanes of at least 4 members (excludes halogenated alkanes) is 13. The highest BCUT2D eigenvalue weighted by Crippen LogP contribution is 2.32. The minimum absolute atomic E-state index is 1.37. The molecule has 0 spiro atoms. The fourth-order valence-electron chi connectivity index (χ4n) is 3.94. The van der Waals surface area contributed by atoms with Gasteiger partial charge in [-0.05, 0) is 12.1 Å². The van der Waals surface area contributed by atoms with Gasteiger partial charge in [0.15, 0.2) is 0 Å². The van der Waals surface area contributed by atoms with Crippen LogP contribution in [0.5, 0.6) is 0 Å². The maximum Gasteiger partial charge on any atom is 0.0355 e. The average Bonchev–Trinajstić information content (AvgIpc) is 3.14. The van der Waals surface area contributed by atoms with E-state index in [2.05, 4.69) is 62.4 Å². The van der Waals surface area contributed by atoms with Crippen LogP contribution in [0.4, 0.5) is 0 Å². The molecule has 0 fully saturated rings. The van der Waals surface area contributed by atoms with Crippen LogP contribution in [-0.2, 0) is 0 Å². The molecule has 0 atom stereocenters. The zero-order chi connectivity index (χ0) is 20.6. The normalized spacial score (nSPS) is 11.0. The van der Waals surface area contributed by atoms with Gasteiger partial charge in [-0.2, -0.15) is 0 Å². The van der Waals surface area contributed by atoms with Gasteiger partial charge in [-0.15, -0.1) is 11.3 Å². The molecule has 3 aromatic rings. The van der Waals surface area contributed by atoms with E-state index in [1.54, 1.807) is 0 Å². The lowest BCUT2D eigenvalue weighted by atomic mass is 10.0. The Morgan fingerprint density at radius 1 is 0.448 bits per heavy atom. The number of fused-ring (bicyclic) bond motifs is 3. The molecule has 160 valence electrons. The Morgan fingerprint density at radius 3 is 1.10 bits per heavy atom.